The molecule has 1 aromatic heterocycles. The molecule has 4 bridgehead atoms. The number of ether oxygens (including phenoxy) is 1. The number of hydrogen-bond donors (Lipinski definition) is 1. The summed E-state index contributed by atoms with van der Waals surface area (Å²) in [5.41, 5.74) is 0.377. The van der Waals surface area contributed by atoms with Crippen molar-refractivity contribution in [3.8, 4) is 11.3 Å². The zero-order valence-corrected chi connectivity index (χ0v) is 15.9. The van der Waals surface area contributed by atoms with Gasteiger partial charge in [-0.2, -0.15) is 0 Å². The lowest BCUT2D eigenvalue weighted by Crippen LogP contribution is -2.64. The number of hydrogen-bond acceptors (Lipinski definition) is 5. The third-order valence-corrected chi connectivity index (χ3v) is 6.86. The van der Waals surface area contributed by atoms with Gasteiger partial charge in [0.25, 0.3) is 5.91 Å². The first-order chi connectivity index (χ1) is 13.5. The summed E-state index contributed by atoms with van der Waals surface area (Å²) in [6.45, 7) is 0. The van der Waals surface area contributed by atoms with Crippen molar-refractivity contribution in [3.05, 3.63) is 42.1 Å². The molecule has 6 nitrogen and oxygen atoms in total. The van der Waals surface area contributed by atoms with Crippen LogP contribution in [0.5, 0.6) is 0 Å². The average Bonchev–Trinajstić information content (AvgIpc) is 3.17. The number of methoxy groups -OCH3 is 1. The summed E-state index contributed by atoms with van der Waals surface area (Å²) in [5, 5.41) is 7.22. The molecule has 4 saturated carbocycles. The number of aromatic nitrogens is 1. The van der Waals surface area contributed by atoms with Crippen LogP contribution in [0.1, 0.15) is 49.0 Å². The molecule has 28 heavy (non-hydrogen) atoms. The smallest absolute Gasteiger partial charge is 0.311 e. The first-order valence-corrected chi connectivity index (χ1v) is 9.94. The van der Waals surface area contributed by atoms with Crippen molar-refractivity contribution < 1.29 is 18.8 Å². The monoisotopic (exact) mass is 380 g/mol. The van der Waals surface area contributed by atoms with Crippen LogP contribution in [0.25, 0.3) is 11.3 Å². The summed E-state index contributed by atoms with van der Waals surface area (Å²) in [6, 6.07) is 11.3. The standard InChI is InChI=1S/C22H24N2O4/c1-27-20(26)21-9-14-7-15(10-21)12-22(11-14,13-21)23-19(25)17-8-18(28-24-17)16-5-3-2-4-6-16/h2-6,8,14-15H,7,9-13H2,1H3,(H,23,25). The van der Waals surface area contributed by atoms with E-state index in [9.17, 15) is 9.59 Å². The Morgan fingerprint density at radius 2 is 1.86 bits per heavy atom. The zero-order valence-electron chi connectivity index (χ0n) is 15.9. The van der Waals surface area contributed by atoms with Gasteiger partial charge in [-0.3, -0.25) is 9.59 Å². The first-order valence-electron chi connectivity index (χ1n) is 9.94. The quantitative estimate of drug-likeness (QED) is 0.820. The van der Waals surface area contributed by atoms with E-state index < -0.39 is 5.41 Å². The highest BCUT2D eigenvalue weighted by molar-refractivity contribution is 5.93. The van der Waals surface area contributed by atoms with E-state index in [1.165, 1.54) is 7.11 Å². The molecule has 4 fully saturated rings. The molecule has 0 aliphatic heterocycles. The molecule has 4 aliphatic carbocycles. The van der Waals surface area contributed by atoms with Crippen molar-refractivity contribution in [2.45, 2.75) is 44.1 Å². The Bertz CT molecular complexity index is 906. The van der Waals surface area contributed by atoms with Crippen molar-refractivity contribution in [1.29, 1.82) is 0 Å². The van der Waals surface area contributed by atoms with Crippen LogP contribution in [0.4, 0.5) is 0 Å². The third-order valence-electron chi connectivity index (χ3n) is 6.86. The number of nitrogens with one attached hydrogen (secondary N) is 1. The van der Waals surface area contributed by atoms with E-state index in [1.54, 1.807) is 6.07 Å². The highest BCUT2D eigenvalue weighted by Crippen LogP contribution is 2.62. The Labute approximate surface area is 163 Å². The highest BCUT2D eigenvalue weighted by atomic mass is 16.5. The van der Waals surface area contributed by atoms with Crippen LogP contribution < -0.4 is 5.32 Å². The molecule has 0 radical (unpaired) electrons. The molecule has 0 saturated heterocycles. The third kappa shape index (κ3) is 2.74. The lowest BCUT2D eigenvalue weighted by molar-refractivity contribution is -0.171. The van der Waals surface area contributed by atoms with Crippen LogP contribution in [0, 0.1) is 17.3 Å². The Balaban J connectivity index is 1.38. The molecule has 0 spiro atoms. The Morgan fingerprint density at radius 3 is 2.54 bits per heavy atom. The van der Waals surface area contributed by atoms with Gasteiger partial charge in [0.05, 0.1) is 12.5 Å². The summed E-state index contributed by atoms with van der Waals surface area (Å²) in [5.74, 6) is 1.17. The van der Waals surface area contributed by atoms with E-state index in [0.29, 0.717) is 24.0 Å². The molecular weight excluding hydrogens is 356 g/mol. The van der Waals surface area contributed by atoms with Crippen molar-refractivity contribution in [1.82, 2.24) is 10.5 Å². The molecule has 2 aromatic rings. The van der Waals surface area contributed by atoms with Gasteiger partial charge < -0.3 is 14.6 Å². The van der Waals surface area contributed by atoms with Gasteiger partial charge in [-0.15, -0.1) is 0 Å². The molecule has 1 aromatic carbocycles. The summed E-state index contributed by atoms with van der Waals surface area (Å²) >= 11 is 0. The maximum atomic E-state index is 13.0. The number of esters is 1. The lowest BCUT2D eigenvalue weighted by Gasteiger charge is -2.60. The molecule has 1 amide bonds. The fourth-order valence-corrected chi connectivity index (χ4v) is 6.29. The number of amides is 1. The number of carbonyl (C=O) groups is 2. The van der Waals surface area contributed by atoms with Gasteiger partial charge in [0.2, 0.25) is 0 Å². The first kappa shape index (κ1) is 17.5. The molecule has 2 unspecified atom stereocenters. The van der Waals surface area contributed by atoms with Crippen LogP contribution in [-0.2, 0) is 9.53 Å². The minimum absolute atomic E-state index is 0.118. The minimum atomic E-state index is -0.439. The fourth-order valence-electron chi connectivity index (χ4n) is 6.29. The van der Waals surface area contributed by atoms with Crippen LogP contribution in [-0.4, -0.2) is 29.7 Å². The predicted octanol–water partition coefficient (Wildman–Crippen LogP) is 3.58. The van der Waals surface area contributed by atoms with E-state index in [2.05, 4.69) is 10.5 Å². The predicted molar refractivity (Wildman–Crippen MR) is 101 cm³/mol. The van der Waals surface area contributed by atoms with Crippen molar-refractivity contribution in [3.63, 3.8) is 0 Å². The van der Waals surface area contributed by atoms with E-state index in [4.69, 9.17) is 9.26 Å². The molecular formula is C22H24N2O4. The van der Waals surface area contributed by atoms with Gasteiger partial charge in [-0.05, 0) is 50.4 Å². The van der Waals surface area contributed by atoms with Crippen molar-refractivity contribution in [2.24, 2.45) is 17.3 Å². The lowest BCUT2D eigenvalue weighted by atomic mass is 9.47. The van der Waals surface area contributed by atoms with Gasteiger partial charge in [0.1, 0.15) is 0 Å². The second kappa shape index (κ2) is 6.19. The fraction of sp³-hybridized carbons (Fsp3) is 0.500. The van der Waals surface area contributed by atoms with E-state index in [-0.39, 0.29) is 23.1 Å². The molecule has 1 N–H and O–H groups in total. The maximum Gasteiger partial charge on any atom is 0.311 e. The SMILES string of the molecule is COC(=O)C12CC3CC(CC(NC(=O)c4cc(-c5ccccc5)on4)(C3)C1)C2. The largest absolute Gasteiger partial charge is 0.469 e. The second-order valence-corrected chi connectivity index (χ2v) is 8.91. The van der Waals surface area contributed by atoms with Crippen LogP contribution in [0.15, 0.2) is 40.9 Å². The summed E-state index contributed by atoms with van der Waals surface area (Å²) in [4.78, 5) is 25.5. The number of benzene rings is 1. The molecule has 2 atom stereocenters. The Hall–Kier alpha value is -2.63. The van der Waals surface area contributed by atoms with Gasteiger partial charge >= 0.3 is 5.97 Å². The van der Waals surface area contributed by atoms with E-state index in [0.717, 1.165) is 37.7 Å². The van der Waals surface area contributed by atoms with Gasteiger partial charge in [0, 0.05) is 17.2 Å². The van der Waals surface area contributed by atoms with E-state index >= 15 is 0 Å². The van der Waals surface area contributed by atoms with Gasteiger partial charge in [-0.25, -0.2) is 0 Å². The molecule has 6 heteroatoms. The van der Waals surface area contributed by atoms with Crippen LogP contribution in [0.3, 0.4) is 0 Å². The average molecular weight is 380 g/mol. The summed E-state index contributed by atoms with van der Waals surface area (Å²) < 4.78 is 10.5. The van der Waals surface area contributed by atoms with Crippen LogP contribution >= 0.6 is 0 Å². The van der Waals surface area contributed by atoms with Gasteiger partial charge in [0.15, 0.2) is 11.5 Å². The van der Waals surface area contributed by atoms with E-state index in [1.807, 2.05) is 30.3 Å². The van der Waals surface area contributed by atoms with Gasteiger partial charge in [-0.1, -0.05) is 35.5 Å². The topological polar surface area (TPSA) is 81.4 Å². The molecule has 4 aliphatic rings. The zero-order chi connectivity index (χ0) is 19.4. The summed E-state index contributed by atoms with van der Waals surface area (Å²) in [7, 11) is 1.46. The second-order valence-electron chi connectivity index (χ2n) is 8.91. The Kier molecular flexibility index (Phi) is 3.86. The normalized spacial score (nSPS) is 32.9. The Morgan fingerprint density at radius 1 is 1.14 bits per heavy atom. The number of rotatable bonds is 4. The number of nitrogens with zero attached hydrogens (tertiary/aromatic N) is 1. The van der Waals surface area contributed by atoms with Crippen LogP contribution in [0.2, 0.25) is 0 Å². The number of carbonyl (C=O) groups excluding carboxylic acids is 2. The minimum Gasteiger partial charge on any atom is -0.469 e. The molecule has 1 heterocycles. The maximum absolute atomic E-state index is 13.0. The molecule has 146 valence electrons. The van der Waals surface area contributed by atoms with Crippen molar-refractivity contribution in [2.75, 3.05) is 7.11 Å². The van der Waals surface area contributed by atoms with Crippen molar-refractivity contribution >= 4 is 11.9 Å². The molecule has 6 rings (SSSR count). The highest BCUT2D eigenvalue weighted by Gasteiger charge is 2.61. The summed E-state index contributed by atoms with van der Waals surface area (Å²) in [6.07, 6.45) is 5.44.